The average Bonchev–Trinajstić information content (AvgIpc) is 3.07. The largest absolute Gasteiger partial charge is 0.460 e. The molecule has 1 amide bonds. The molecule has 0 aromatic carbocycles. The Morgan fingerprint density at radius 2 is 2.14 bits per heavy atom. The summed E-state index contributed by atoms with van der Waals surface area (Å²) in [6.45, 7) is 3.99. The van der Waals surface area contributed by atoms with Gasteiger partial charge in [0, 0.05) is 6.04 Å². The number of hydrogen-bond donors (Lipinski definition) is 2. The van der Waals surface area contributed by atoms with Crippen LogP contribution in [0.25, 0.3) is 11.5 Å². The number of aromatic nitrogens is 1. The highest BCUT2D eigenvalue weighted by molar-refractivity contribution is 6.03. The second kappa shape index (κ2) is 5.87. The molecule has 3 N–H and O–H groups in total. The predicted octanol–water partition coefficient (Wildman–Crippen LogP) is 3.13. The Morgan fingerprint density at radius 3 is 2.82 bits per heavy atom. The number of aryl methyl sites for hydroxylation is 1. The van der Waals surface area contributed by atoms with Crippen LogP contribution >= 0.6 is 0 Å². The Balaban J connectivity index is 1.84. The molecule has 0 spiro atoms. The van der Waals surface area contributed by atoms with Crippen molar-refractivity contribution in [1.29, 1.82) is 0 Å². The minimum atomic E-state index is -0.249. The summed E-state index contributed by atoms with van der Waals surface area (Å²) in [5.41, 5.74) is 6.40. The van der Waals surface area contributed by atoms with E-state index in [4.69, 9.17) is 14.7 Å². The minimum absolute atomic E-state index is 0.0185. The van der Waals surface area contributed by atoms with E-state index in [0.717, 1.165) is 25.0 Å². The summed E-state index contributed by atoms with van der Waals surface area (Å²) >= 11 is 0. The molecule has 2 atom stereocenters. The first-order chi connectivity index (χ1) is 10.6. The molecular formula is C16H21N3O3. The van der Waals surface area contributed by atoms with Gasteiger partial charge in [-0.25, -0.2) is 0 Å². The predicted molar refractivity (Wildman–Crippen MR) is 82.2 cm³/mol. The summed E-state index contributed by atoms with van der Waals surface area (Å²) in [4.78, 5) is 12.6. The van der Waals surface area contributed by atoms with Gasteiger partial charge in [0.1, 0.15) is 11.3 Å². The van der Waals surface area contributed by atoms with Crippen LogP contribution in [0.4, 0.5) is 5.88 Å². The van der Waals surface area contributed by atoms with Gasteiger partial charge in [0.15, 0.2) is 11.5 Å². The van der Waals surface area contributed by atoms with Crippen LogP contribution in [-0.2, 0) is 0 Å². The first-order valence-corrected chi connectivity index (χ1v) is 7.69. The Labute approximate surface area is 129 Å². The smallest absolute Gasteiger partial charge is 0.259 e. The summed E-state index contributed by atoms with van der Waals surface area (Å²) in [5, 5.41) is 6.95. The van der Waals surface area contributed by atoms with Crippen molar-refractivity contribution in [3.8, 4) is 11.5 Å². The van der Waals surface area contributed by atoms with Crippen LogP contribution in [0.3, 0.4) is 0 Å². The number of nitrogens with one attached hydrogen (secondary N) is 1. The highest BCUT2D eigenvalue weighted by Crippen LogP contribution is 2.30. The molecule has 1 fully saturated rings. The molecule has 1 aliphatic carbocycles. The summed E-state index contributed by atoms with van der Waals surface area (Å²) in [6.07, 6.45) is 4.49. The van der Waals surface area contributed by atoms with Crippen molar-refractivity contribution in [3.05, 3.63) is 23.5 Å². The number of nitrogen functional groups attached to an aromatic ring is 1. The van der Waals surface area contributed by atoms with E-state index in [9.17, 15) is 4.79 Å². The molecule has 0 aliphatic heterocycles. The Bertz CT molecular complexity index is 674. The van der Waals surface area contributed by atoms with Crippen LogP contribution < -0.4 is 11.1 Å². The third-order valence-electron chi connectivity index (χ3n) is 4.35. The molecule has 0 radical (unpaired) electrons. The van der Waals surface area contributed by atoms with Crippen LogP contribution in [0.2, 0.25) is 0 Å². The monoisotopic (exact) mass is 303 g/mol. The summed E-state index contributed by atoms with van der Waals surface area (Å²) in [6, 6.07) is 3.74. The standard InChI is InChI=1S/C16H21N3O3/c1-9-5-3-4-6-11(9)18-16(20)13-14(19-22-15(13)17)12-8-7-10(2)21-12/h7-9,11H,3-6,17H2,1-2H3,(H,18,20). The molecule has 22 heavy (non-hydrogen) atoms. The Morgan fingerprint density at radius 1 is 1.36 bits per heavy atom. The van der Waals surface area contributed by atoms with E-state index in [0.29, 0.717) is 17.4 Å². The molecule has 2 unspecified atom stereocenters. The van der Waals surface area contributed by atoms with Crippen LogP contribution in [-0.4, -0.2) is 17.1 Å². The van der Waals surface area contributed by atoms with Crippen molar-refractivity contribution >= 4 is 11.8 Å². The van der Waals surface area contributed by atoms with E-state index in [1.807, 2.05) is 13.0 Å². The average molecular weight is 303 g/mol. The number of furan rings is 1. The van der Waals surface area contributed by atoms with Crippen molar-refractivity contribution < 1.29 is 13.7 Å². The fourth-order valence-corrected chi connectivity index (χ4v) is 3.02. The zero-order valence-corrected chi connectivity index (χ0v) is 12.9. The lowest BCUT2D eigenvalue weighted by Gasteiger charge is -2.29. The molecule has 1 saturated carbocycles. The number of amides is 1. The van der Waals surface area contributed by atoms with Gasteiger partial charge in [-0.15, -0.1) is 0 Å². The van der Waals surface area contributed by atoms with E-state index >= 15 is 0 Å². The van der Waals surface area contributed by atoms with Crippen molar-refractivity contribution in [2.75, 3.05) is 5.73 Å². The third kappa shape index (κ3) is 2.73. The lowest BCUT2D eigenvalue weighted by Crippen LogP contribution is -2.41. The second-order valence-electron chi connectivity index (χ2n) is 6.02. The zero-order chi connectivity index (χ0) is 15.7. The highest BCUT2D eigenvalue weighted by atomic mass is 16.5. The van der Waals surface area contributed by atoms with Crippen molar-refractivity contribution in [2.45, 2.75) is 45.6 Å². The fourth-order valence-electron chi connectivity index (χ4n) is 3.02. The molecular weight excluding hydrogens is 282 g/mol. The van der Waals surface area contributed by atoms with Gasteiger partial charge in [0.05, 0.1) is 0 Å². The number of anilines is 1. The number of nitrogens with zero attached hydrogens (tertiary/aromatic N) is 1. The maximum Gasteiger partial charge on any atom is 0.259 e. The second-order valence-corrected chi connectivity index (χ2v) is 6.02. The quantitative estimate of drug-likeness (QED) is 0.908. The highest BCUT2D eigenvalue weighted by Gasteiger charge is 2.28. The molecule has 1 aliphatic rings. The maximum atomic E-state index is 12.6. The fraction of sp³-hybridized carbons (Fsp3) is 0.500. The molecule has 6 nitrogen and oxygen atoms in total. The van der Waals surface area contributed by atoms with Gasteiger partial charge in [-0.2, -0.15) is 0 Å². The molecule has 0 saturated heterocycles. The number of carbonyl (C=O) groups is 1. The first-order valence-electron chi connectivity index (χ1n) is 7.69. The van der Waals surface area contributed by atoms with Crippen LogP contribution in [0.5, 0.6) is 0 Å². The molecule has 118 valence electrons. The normalized spacial score (nSPS) is 21.7. The van der Waals surface area contributed by atoms with Crippen LogP contribution in [0.15, 0.2) is 21.1 Å². The van der Waals surface area contributed by atoms with Crippen molar-refractivity contribution in [2.24, 2.45) is 5.92 Å². The Kier molecular flexibility index (Phi) is 3.92. The van der Waals surface area contributed by atoms with E-state index in [-0.39, 0.29) is 23.4 Å². The van der Waals surface area contributed by atoms with Gasteiger partial charge < -0.3 is 20.0 Å². The van der Waals surface area contributed by atoms with Gasteiger partial charge in [0.2, 0.25) is 5.88 Å². The maximum absolute atomic E-state index is 12.6. The topological polar surface area (TPSA) is 94.3 Å². The number of carbonyl (C=O) groups excluding carboxylic acids is 1. The van der Waals surface area contributed by atoms with Crippen LogP contribution in [0, 0.1) is 12.8 Å². The van der Waals surface area contributed by atoms with E-state index in [1.165, 1.54) is 6.42 Å². The van der Waals surface area contributed by atoms with Crippen LogP contribution in [0.1, 0.15) is 48.7 Å². The molecule has 2 aromatic rings. The van der Waals surface area contributed by atoms with Gasteiger partial charge in [-0.3, -0.25) is 4.79 Å². The molecule has 0 bridgehead atoms. The molecule has 3 rings (SSSR count). The lowest BCUT2D eigenvalue weighted by molar-refractivity contribution is 0.0911. The summed E-state index contributed by atoms with van der Waals surface area (Å²) in [5.74, 6) is 1.46. The zero-order valence-electron chi connectivity index (χ0n) is 12.9. The van der Waals surface area contributed by atoms with E-state index < -0.39 is 0 Å². The van der Waals surface area contributed by atoms with Gasteiger partial charge >= 0.3 is 0 Å². The third-order valence-corrected chi connectivity index (χ3v) is 4.35. The van der Waals surface area contributed by atoms with E-state index in [2.05, 4.69) is 17.4 Å². The SMILES string of the molecule is Cc1ccc(-c2noc(N)c2C(=O)NC2CCCCC2C)o1. The molecule has 6 heteroatoms. The van der Waals surface area contributed by atoms with Gasteiger partial charge in [0.25, 0.3) is 5.91 Å². The van der Waals surface area contributed by atoms with Gasteiger partial charge in [-0.1, -0.05) is 24.9 Å². The van der Waals surface area contributed by atoms with Crippen molar-refractivity contribution in [3.63, 3.8) is 0 Å². The number of hydrogen-bond acceptors (Lipinski definition) is 5. The minimum Gasteiger partial charge on any atom is -0.460 e. The van der Waals surface area contributed by atoms with Gasteiger partial charge in [-0.05, 0) is 37.8 Å². The summed E-state index contributed by atoms with van der Waals surface area (Å²) < 4.78 is 10.5. The number of rotatable bonds is 3. The molecule has 2 aromatic heterocycles. The van der Waals surface area contributed by atoms with E-state index in [1.54, 1.807) is 6.07 Å². The first kappa shape index (κ1) is 14.7. The summed E-state index contributed by atoms with van der Waals surface area (Å²) in [7, 11) is 0. The van der Waals surface area contributed by atoms with Crippen molar-refractivity contribution in [1.82, 2.24) is 10.5 Å². The number of nitrogens with two attached hydrogens (primary N) is 1. The lowest BCUT2D eigenvalue weighted by atomic mass is 9.86. The molecule has 2 heterocycles. The Hall–Kier alpha value is -2.24.